The van der Waals surface area contributed by atoms with E-state index < -0.39 is 0 Å². The third-order valence-corrected chi connectivity index (χ3v) is 3.91. The van der Waals surface area contributed by atoms with E-state index in [1.165, 1.54) is 12.1 Å². The van der Waals surface area contributed by atoms with Crippen LogP contribution in [0.5, 0.6) is 0 Å². The molecule has 0 aliphatic carbocycles. The minimum Gasteiger partial charge on any atom is -0.381 e. The number of hydrogen-bond donors (Lipinski definition) is 1. The van der Waals surface area contributed by atoms with E-state index in [1.54, 1.807) is 12.1 Å². The van der Waals surface area contributed by atoms with Crippen LogP contribution in [-0.2, 0) is 4.74 Å². The molecule has 1 unspecified atom stereocenters. The first-order valence-corrected chi connectivity index (χ1v) is 6.96. The molecule has 1 saturated heterocycles. The van der Waals surface area contributed by atoms with Crippen molar-refractivity contribution in [2.24, 2.45) is 5.73 Å². The van der Waals surface area contributed by atoms with Gasteiger partial charge in [0, 0.05) is 25.3 Å². The van der Waals surface area contributed by atoms with Gasteiger partial charge in [0.15, 0.2) is 0 Å². The van der Waals surface area contributed by atoms with Crippen molar-refractivity contribution in [2.45, 2.75) is 31.3 Å². The normalized spacial score (nSPS) is 18.7. The molecule has 106 valence electrons. The molecule has 0 saturated carbocycles. The fourth-order valence-electron chi connectivity index (χ4n) is 2.53. The summed E-state index contributed by atoms with van der Waals surface area (Å²) in [7, 11) is 2.15. The molecule has 1 atom stereocenters. The Balaban J connectivity index is 1.79. The summed E-state index contributed by atoms with van der Waals surface area (Å²) in [4.78, 5) is 2.37. The van der Waals surface area contributed by atoms with Crippen LogP contribution in [0.1, 0.15) is 30.9 Å². The second-order valence-corrected chi connectivity index (χ2v) is 5.27. The maximum Gasteiger partial charge on any atom is 0.123 e. The topological polar surface area (TPSA) is 38.5 Å². The van der Waals surface area contributed by atoms with Gasteiger partial charge in [0.25, 0.3) is 0 Å². The monoisotopic (exact) mass is 266 g/mol. The molecular weight excluding hydrogens is 243 g/mol. The predicted molar refractivity (Wildman–Crippen MR) is 74.4 cm³/mol. The number of benzene rings is 1. The van der Waals surface area contributed by atoms with Crippen molar-refractivity contribution < 1.29 is 9.13 Å². The van der Waals surface area contributed by atoms with E-state index in [0.29, 0.717) is 6.04 Å². The van der Waals surface area contributed by atoms with E-state index in [2.05, 4.69) is 11.9 Å². The summed E-state index contributed by atoms with van der Waals surface area (Å²) in [6.07, 6.45) is 3.09. The molecule has 1 heterocycles. The van der Waals surface area contributed by atoms with Gasteiger partial charge in [-0.2, -0.15) is 0 Å². The van der Waals surface area contributed by atoms with Crippen molar-refractivity contribution >= 4 is 0 Å². The molecule has 1 aliphatic heterocycles. The Kier molecular flexibility index (Phi) is 5.31. The van der Waals surface area contributed by atoms with Crippen LogP contribution in [0.3, 0.4) is 0 Å². The lowest BCUT2D eigenvalue weighted by atomic mass is 10.0. The minimum absolute atomic E-state index is 0.0251. The average Bonchev–Trinajstić information content (AvgIpc) is 2.46. The van der Waals surface area contributed by atoms with Gasteiger partial charge in [-0.3, -0.25) is 0 Å². The number of nitrogens with two attached hydrogens (primary N) is 1. The van der Waals surface area contributed by atoms with Crippen molar-refractivity contribution in [3.8, 4) is 0 Å². The zero-order chi connectivity index (χ0) is 13.7. The highest BCUT2D eigenvalue weighted by molar-refractivity contribution is 5.19. The van der Waals surface area contributed by atoms with Crippen LogP contribution in [0, 0.1) is 5.82 Å². The highest BCUT2D eigenvalue weighted by atomic mass is 19.1. The first-order chi connectivity index (χ1) is 9.16. The largest absolute Gasteiger partial charge is 0.381 e. The molecule has 0 aromatic heterocycles. The van der Waals surface area contributed by atoms with Crippen LogP contribution in [0.2, 0.25) is 0 Å². The predicted octanol–water partition coefficient (Wildman–Crippen LogP) is 2.33. The molecular formula is C15H23FN2O. The molecule has 3 nitrogen and oxygen atoms in total. The molecule has 0 bridgehead atoms. The summed E-state index contributed by atoms with van der Waals surface area (Å²) in [5.41, 5.74) is 7.15. The van der Waals surface area contributed by atoms with Crippen LogP contribution in [-0.4, -0.2) is 37.7 Å². The molecule has 0 amide bonds. The second kappa shape index (κ2) is 6.98. The van der Waals surface area contributed by atoms with Gasteiger partial charge in [-0.05, 0) is 50.6 Å². The molecule has 1 aliphatic rings. The van der Waals surface area contributed by atoms with Crippen molar-refractivity contribution in [1.29, 1.82) is 0 Å². The van der Waals surface area contributed by atoms with Gasteiger partial charge < -0.3 is 15.4 Å². The van der Waals surface area contributed by atoms with Crippen LogP contribution in [0.25, 0.3) is 0 Å². The first-order valence-electron chi connectivity index (χ1n) is 6.96. The Morgan fingerprint density at radius 1 is 1.32 bits per heavy atom. The number of ether oxygens (including phenoxy) is 1. The zero-order valence-corrected chi connectivity index (χ0v) is 11.5. The fourth-order valence-corrected chi connectivity index (χ4v) is 2.53. The van der Waals surface area contributed by atoms with E-state index in [9.17, 15) is 4.39 Å². The average molecular weight is 266 g/mol. The molecule has 1 fully saturated rings. The quantitative estimate of drug-likeness (QED) is 0.889. The standard InChI is InChI=1S/C15H23FN2O/c1-18(14-7-10-19-11-8-14)9-6-15(17)12-2-4-13(16)5-3-12/h2-5,14-15H,6-11,17H2,1H3. The molecule has 2 rings (SSSR count). The maximum absolute atomic E-state index is 12.8. The van der Waals surface area contributed by atoms with Gasteiger partial charge >= 0.3 is 0 Å². The van der Waals surface area contributed by atoms with Gasteiger partial charge in [0.05, 0.1) is 0 Å². The lowest BCUT2D eigenvalue weighted by Gasteiger charge is -2.31. The summed E-state index contributed by atoms with van der Waals surface area (Å²) in [6, 6.07) is 7.06. The number of rotatable bonds is 5. The minimum atomic E-state index is -0.213. The fraction of sp³-hybridized carbons (Fsp3) is 0.600. The van der Waals surface area contributed by atoms with E-state index in [1.807, 2.05) is 0 Å². The van der Waals surface area contributed by atoms with E-state index in [0.717, 1.165) is 44.6 Å². The van der Waals surface area contributed by atoms with E-state index in [4.69, 9.17) is 10.5 Å². The van der Waals surface area contributed by atoms with Gasteiger partial charge in [-0.25, -0.2) is 4.39 Å². The van der Waals surface area contributed by atoms with Crippen molar-refractivity contribution in [2.75, 3.05) is 26.8 Å². The number of halogens is 1. The highest BCUT2D eigenvalue weighted by Crippen LogP contribution is 2.18. The molecule has 4 heteroatoms. The first kappa shape index (κ1) is 14.4. The van der Waals surface area contributed by atoms with Gasteiger partial charge in [-0.15, -0.1) is 0 Å². The van der Waals surface area contributed by atoms with Crippen LogP contribution < -0.4 is 5.73 Å². The molecule has 1 aromatic carbocycles. The smallest absolute Gasteiger partial charge is 0.123 e. The van der Waals surface area contributed by atoms with Gasteiger partial charge in [-0.1, -0.05) is 12.1 Å². The Hall–Kier alpha value is -0.970. The van der Waals surface area contributed by atoms with E-state index >= 15 is 0 Å². The summed E-state index contributed by atoms with van der Waals surface area (Å²) < 4.78 is 18.2. The third-order valence-electron chi connectivity index (χ3n) is 3.91. The van der Waals surface area contributed by atoms with Crippen LogP contribution in [0.15, 0.2) is 24.3 Å². The lowest BCUT2D eigenvalue weighted by molar-refractivity contribution is 0.0422. The van der Waals surface area contributed by atoms with Crippen molar-refractivity contribution in [3.63, 3.8) is 0 Å². The maximum atomic E-state index is 12.8. The van der Waals surface area contributed by atoms with Crippen LogP contribution >= 0.6 is 0 Å². The summed E-state index contributed by atoms with van der Waals surface area (Å²) in [5.74, 6) is -0.213. The Morgan fingerprint density at radius 3 is 2.58 bits per heavy atom. The Bertz CT molecular complexity index is 376. The van der Waals surface area contributed by atoms with Crippen molar-refractivity contribution in [3.05, 3.63) is 35.6 Å². The SMILES string of the molecule is CN(CCC(N)c1ccc(F)cc1)C1CCOCC1. The zero-order valence-electron chi connectivity index (χ0n) is 11.5. The lowest BCUT2D eigenvalue weighted by Crippen LogP contribution is -2.38. The summed E-state index contributed by atoms with van der Waals surface area (Å²) >= 11 is 0. The second-order valence-electron chi connectivity index (χ2n) is 5.27. The summed E-state index contributed by atoms with van der Waals surface area (Å²) in [6.45, 7) is 2.68. The number of hydrogen-bond acceptors (Lipinski definition) is 3. The summed E-state index contributed by atoms with van der Waals surface area (Å²) in [5, 5.41) is 0. The highest BCUT2D eigenvalue weighted by Gasteiger charge is 2.18. The Morgan fingerprint density at radius 2 is 1.95 bits per heavy atom. The Labute approximate surface area is 114 Å². The van der Waals surface area contributed by atoms with Gasteiger partial charge in [0.1, 0.15) is 5.82 Å². The van der Waals surface area contributed by atoms with E-state index in [-0.39, 0.29) is 11.9 Å². The van der Waals surface area contributed by atoms with Crippen molar-refractivity contribution in [1.82, 2.24) is 4.90 Å². The molecule has 2 N–H and O–H groups in total. The third kappa shape index (κ3) is 4.27. The molecule has 1 aromatic rings. The molecule has 0 spiro atoms. The molecule has 19 heavy (non-hydrogen) atoms. The molecule has 0 radical (unpaired) electrons. The van der Waals surface area contributed by atoms with Gasteiger partial charge in [0.2, 0.25) is 0 Å². The number of nitrogens with zero attached hydrogens (tertiary/aromatic N) is 1. The van der Waals surface area contributed by atoms with Crippen LogP contribution in [0.4, 0.5) is 4.39 Å².